The molecule has 1 atom stereocenters. The summed E-state index contributed by atoms with van der Waals surface area (Å²) in [6, 6.07) is 3.64. The van der Waals surface area contributed by atoms with Gasteiger partial charge in [-0.3, -0.25) is 0 Å². The molecule has 1 saturated carbocycles. The van der Waals surface area contributed by atoms with Crippen molar-refractivity contribution in [2.24, 2.45) is 5.92 Å². The van der Waals surface area contributed by atoms with E-state index in [1.165, 1.54) is 25.7 Å². The summed E-state index contributed by atoms with van der Waals surface area (Å²) >= 11 is 5.84. The van der Waals surface area contributed by atoms with Gasteiger partial charge in [-0.1, -0.05) is 37.3 Å². The van der Waals surface area contributed by atoms with Gasteiger partial charge in [0.2, 0.25) is 0 Å². The van der Waals surface area contributed by atoms with Crippen molar-refractivity contribution in [3.8, 4) is 0 Å². The average molecular weight is 240 g/mol. The highest BCUT2D eigenvalue weighted by Crippen LogP contribution is 2.33. The fraction of sp³-hybridized carbons (Fsp3) is 0.615. The standard InChI is InChI=1S/C13H18ClNO/c14-12-9-11(7-8-15-12)13(16)10-5-3-1-2-4-6-10/h7-10,13,16H,1-6H2. The predicted octanol–water partition coefficient (Wildman–Crippen LogP) is 3.74. The van der Waals surface area contributed by atoms with E-state index in [1.54, 1.807) is 12.3 Å². The number of hydrogen-bond donors (Lipinski definition) is 1. The molecule has 0 saturated heterocycles. The van der Waals surface area contributed by atoms with Crippen LogP contribution in [0, 0.1) is 5.92 Å². The van der Waals surface area contributed by atoms with Crippen LogP contribution in [-0.4, -0.2) is 10.1 Å². The molecule has 0 aliphatic heterocycles. The summed E-state index contributed by atoms with van der Waals surface area (Å²) in [5.41, 5.74) is 0.909. The molecule has 1 aliphatic carbocycles. The van der Waals surface area contributed by atoms with Crippen LogP contribution in [0.1, 0.15) is 50.2 Å². The maximum atomic E-state index is 10.3. The van der Waals surface area contributed by atoms with Crippen LogP contribution < -0.4 is 0 Å². The van der Waals surface area contributed by atoms with Crippen LogP contribution in [0.3, 0.4) is 0 Å². The third-order valence-corrected chi connectivity index (χ3v) is 3.65. The Morgan fingerprint density at radius 1 is 1.25 bits per heavy atom. The van der Waals surface area contributed by atoms with Gasteiger partial charge >= 0.3 is 0 Å². The molecule has 0 amide bonds. The molecule has 0 aromatic carbocycles. The molecule has 1 aromatic rings. The summed E-state index contributed by atoms with van der Waals surface area (Å²) in [4.78, 5) is 3.94. The molecule has 0 spiro atoms. The van der Waals surface area contributed by atoms with Crippen LogP contribution in [0.2, 0.25) is 5.15 Å². The van der Waals surface area contributed by atoms with Crippen molar-refractivity contribution in [3.05, 3.63) is 29.0 Å². The van der Waals surface area contributed by atoms with Gasteiger partial charge in [-0.15, -0.1) is 0 Å². The molecular weight excluding hydrogens is 222 g/mol. The lowest BCUT2D eigenvalue weighted by molar-refractivity contribution is 0.0987. The van der Waals surface area contributed by atoms with E-state index in [9.17, 15) is 5.11 Å². The van der Waals surface area contributed by atoms with Crippen molar-refractivity contribution in [3.63, 3.8) is 0 Å². The quantitative estimate of drug-likeness (QED) is 0.630. The SMILES string of the molecule is OC(c1ccnc(Cl)c1)C1CCCCCC1. The zero-order chi connectivity index (χ0) is 11.4. The molecule has 1 N–H and O–H groups in total. The third-order valence-electron chi connectivity index (χ3n) is 3.44. The highest BCUT2D eigenvalue weighted by molar-refractivity contribution is 6.29. The molecule has 16 heavy (non-hydrogen) atoms. The number of aliphatic hydroxyl groups excluding tert-OH is 1. The van der Waals surface area contributed by atoms with Gasteiger partial charge in [0.1, 0.15) is 5.15 Å². The smallest absolute Gasteiger partial charge is 0.129 e. The molecule has 1 unspecified atom stereocenters. The van der Waals surface area contributed by atoms with Gasteiger partial charge < -0.3 is 5.11 Å². The zero-order valence-corrected chi connectivity index (χ0v) is 10.2. The lowest BCUT2D eigenvalue weighted by Crippen LogP contribution is -2.12. The van der Waals surface area contributed by atoms with Crippen molar-refractivity contribution in [1.82, 2.24) is 4.98 Å². The molecule has 3 heteroatoms. The highest BCUT2D eigenvalue weighted by Gasteiger charge is 2.22. The third kappa shape index (κ3) is 2.96. The largest absolute Gasteiger partial charge is 0.388 e. The van der Waals surface area contributed by atoms with E-state index in [0.717, 1.165) is 18.4 Å². The monoisotopic (exact) mass is 239 g/mol. The van der Waals surface area contributed by atoms with Crippen LogP contribution >= 0.6 is 11.6 Å². The molecule has 1 aromatic heterocycles. The normalized spacial score (nSPS) is 20.4. The molecule has 2 nitrogen and oxygen atoms in total. The maximum absolute atomic E-state index is 10.3. The number of aliphatic hydroxyl groups is 1. The fourth-order valence-corrected chi connectivity index (χ4v) is 2.68. The van der Waals surface area contributed by atoms with Crippen molar-refractivity contribution >= 4 is 11.6 Å². The van der Waals surface area contributed by atoms with Crippen LogP contribution in [0.5, 0.6) is 0 Å². The number of halogens is 1. The first-order valence-electron chi connectivity index (χ1n) is 6.07. The Kier molecular flexibility index (Phi) is 4.19. The van der Waals surface area contributed by atoms with Gasteiger partial charge in [0.15, 0.2) is 0 Å². The van der Waals surface area contributed by atoms with Crippen LogP contribution in [-0.2, 0) is 0 Å². The summed E-state index contributed by atoms with van der Waals surface area (Å²) in [7, 11) is 0. The van der Waals surface area contributed by atoms with E-state index in [-0.39, 0.29) is 6.10 Å². The number of aromatic nitrogens is 1. The Morgan fingerprint density at radius 3 is 2.56 bits per heavy atom. The van der Waals surface area contributed by atoms with E-state index >= 15 is 0 Å². The fourth-order valence-electron chi connectivity index (χ4n) is 2.50. The van der Waals surface area contributed by atoms with Gasteiger partial charge in [0.25, 0.3) is 0 Å². The number of nitrogens with zero attached hydrogens (tertiary/aromatic N) is 1. The average Bonchev–Trinajstić information content (AvgIpc) is 2.56. The number of pyridine rings is 1. The van der Waals surface area contributed by atoms with Crippen molar-refractivity contribution in [2.45, 2.75) is 44.6 Å². The maximum Gasteiger partial charge on any atom is 0.129 e. The van der Waals surface area contributed by atoms with Gasteiger partial charge in [-0.05, 0) is 36.5 Å². The highest BCUT2D eigenvalue weighted by atomic mass is 35.5. The van der Waals surface area contributed by atoms with Gasteiger partial charge in [-0.25, -0.2) is 4.98 Å². The Morgan fingerprint density at radius 2 is 1.94 bits per heavy atom. The van der Waals surface area contributed by atoms with Crippen LogP contribution in [0.15, 0.2) is 18.3 Å². The van der Waals surface area contributed by atoms with Crippen molar-refractivity contribution < 1.29 is 5.11 Å². The first-order valence-corrected chi connectivity index (χ1v) is 6.44. The van der Waals surface area contributed by atoms with E-state index < -0.39 is 0 Å². The van der Waals surface area contributed by atoms with E-state index in [4.69, 9.17) is 11.6 Å². The van der Waals surface area contributed by atoms with Crippen molar-refractivity contribution in [2.75, 3.05) is 0 Å². The Hall–Kier alpha value is -0.600. The molecule has 1 fully saturated rings. The summed E-state index contributed by atoms with van der Waals surface area (Å²) in [5.74, 6) is 0.390. The van der Waals surface area contributed by atoms with E-state index in [0.29, 0.717) is 11.1 Å². The molecule has 0 radical (unpaired) electrons. The minimum atomic E-state index is -0.376. The minimum Gasteiger partial charge on any atom is -0.388 e. The zero-order valence-electron chi connectivity index (χ0n) is 9.40. The van der Waals surface area contributed by atoms with Crippen LogP contribution in [0.25, 0.3) is 0 Å². The Labute approximate surface area is 102 Å². The second kappa shape index (κ2) is 5.65. The van der Waals surface area contributed by atoms with Gasteiger partial charge in [0.05, 0.1) is 6.10 Å². The summed E-state index contributed by atoms with van der Waals surface area (Å²) in [5, 5.41) is 10.8. The lowest BCUT2D eigenvalue weighted by atomic mass is 9.90. The predicted molar refractivity (Wildman–Crippen MR) is 65.4 cm³/mol. The Balaban J connectivity index is 2.07. The first-order chi connectivity index (χ1) is 7.77. The van der Waals surface area contributed by atoms with E-state index in [1.807, 2.05) is 6.07 Å². The molecule has 1 aliphatic rings. The molecule has 0 bridgehead atoms. The Bertz CT molecular complexity index is 334. The van der Waals surface area contributed by atoms with Gasteiger partial charge in [-0.2, -0.15) is 0 Å². The van der Waals surface area contributed by atoms with E-state index in [2.05, 4.69) is 4.98 Å². The number of rotatable bonds is 2. The molecular formula is C13H18ClNO. The summed E-state index contributed by atoms with van der Waals surface area (Å²) < 4.78 is 0. The summed E-state index contributed by atoms with van der Waals surface area (Å²) in [6.45, 7) is 0. The number of hydrogen-bond acceptors (Lipinski definition) is 2. The van der Waals surface area contributed by atoms with Gasteiger partial charge in [0, 0.05) is 6.20 Å². The summed E-state index contributed by atoms with van der Waals surface area (Å²) in [6.07, 6.45) is 8.63. The van der Waals surface area contributed by atoms with Crippen LogP contribution in [0.4, 0.5) is 0 Å². The topological polar surface area (TPSA) is 33.1 Å². The lowest BCUT2D eigenvalue weighted by Gasteiger charge is -2.21. The minimum absolute atomic E-state index is 0.376. The van der Waals surface area contributed by atoms with Crippen molar-refractivity contribution in [1.29, 1.82) is 0 Å². The second-order valence-corrected chi connectivity index (χ2v) is 5.00. The molecule has 88 valence electrons. The molecule has 1 heterocycles. The molecule has 2 rings (SSSR count). The first kappa shape index (κ1) is 11.9. The second-order valence-electron chi connectivity index (χ2n) is 4.61.